The molecule has 1 aromatic heterocycles. The minimum atomic E-state index is -0.698. The van der Waals surface area contributed by atoms with Crippen molar-refractivity contribution in [2.75, 3.05) is 0 Å². The zero-order valence-electron chi connectivity index (χ0n) is 14.4. The third kappa shape index (κ3) is 2.43. The second-order valence-corrected chi connectivity index (χ2v) is 6.70. The van der Waals surface area contributed by atoms with Crippen molar-refractivity contribution in [3.63, 3.8) is 0 Å². The third-order valence-corrected chi connectivity index (χ3v) is 5.09. The fraction of sp³-hybridized carbons (Fsp3) is 0.250. The molecule has 0 atom stereocenters. The summed E-state index contributed by atoms with van der Waals surface area (Å²) in [5, 5.41) is 4.74. The summed E-state index contributed by atoms with van der Waals surface area (Å²) in [6.45, 7) is 4.12. The number of hydrogen-bond donors (Lipinski definition) is 1. The molecule has 1 amide bonds. The van der Waals surface area contributed by atoms with E-state index in [2.05, 4.69) is 19.9 Å². The van der Waals surface area contributed by atoms with Crippen LogP contribution in [0.5, 0.6) is 0 Å². The third-order valence-electron chi connectivity index (χ3n) is 5.09. The Bertz CT molecular complexity index is 955. The summed E-state index contributed by atoms with van der Waals surface area (Å²) in [5.74, 6) is 0.933. The maximum atomic E-state index is 12.1. The molecule has 0 aliphatic heterocycles. The predicted octanol–water partition coefficient (Wildman–Crippen LogP) is 3.07. The number of carbonyl (C=O) groups excluding carboxylic acids is 1. The number of rotatable bonds is 4. The van der Waals surface area contributed by atoms with E-state index in [0.29, 0.717) is 11.6 Å². The smallest absolute Gasteiger partial charge is 0.231 e. The lowest BCUT2D eigenvalue weighted by Crippen LogP contribution is -2.31. The standard InChI is InChI=1S/C20H20N4O/c1-13-7-6-10-16(14(13)2)24-19(20(11-12-20)18(21)25)22-17(23-24)15-8-4-3-5-9-15/h3-10H,11-12H2,1-2H3,(H2,21,25). The average Bonchev–Trinajstić information content (AvgIpc) is 3.31. The monoisotopic (exact) mass is 332 g/mol. The molecule has 0 bridgehead atoms. The van der Waals surface area contributed by atoms with Crippen LogP contribution < -0.4 is 5.73 Å². The topological polar surface area (TPSA) is 73.8 Å². The summed E-state index contributed by atoms with van der Waals surface area (Å²) in [7, 11) is 0. The van der Waals surface area contributed by atoms with Crippen molar-refractivity contribution in [3.8, 4) is 17.1 Å². The lowest BCUT2D eigenvalue weighted by Gasteiger charge is -2.14. The summed E-state index contributed by atoms with van der Waals surface area (Å²) in [6.07, 6.45) is 1.44. The highest BCUT2D eigenvalue weighted by molar-refractivity contribution is 5.89. The molecule has 0 spiro atoms. The van der Waals surface area contributed by atoms with Crippen LogP contribution in [0, 0.1) is 13.8 Å². The van der Waals surface area contributed by atoms with Gasteiger partial charge in [0.1, 0.15) is 11.2 Å². The largest absolute Gasteiger partial charge is 0.369 e. The maximum Gasteiger partial charge on any atom is 0.231 e. The molecule has 126 valence electrons. The van der Waals surface area contributed by atoms with Gasteiger partial charge in [0.2, 0.25) is 5.91 Å². The van der Waals surface area contributed by atoms with E-state index < -0.39 is 5.41 Å². The molecule has 1 saturated carbocycles. The summed E-state index contributed by atoms with van der Waals surface area (Å²) < 4.78 is 1.81. The molecular formula is C20H20N4O. The number of primary amides is 1. The Balaban J connectivity index is 1.95. The number of carbonyl (C=O) groups is 1. The Morgan fingerprint density at radius 1 is 1.08 bits per heavy atom. The Morgan fingerprint density at radius 3 is 2.44 bits per heavy atom. The molecule has 5 nitrogen and oxygen atoms in total. The van der Waals surface area contributed by atoms with Crippen molar-refractivity contribution >= 4 is 5.91 Å². The van der Waals surface area contributed by atoms with Gasteiger partial charge in [-0.1, -0.05) is 42.5 Å². The van der Waals surface area contributed by atoms with Crippen LogP contribution in [0.2, 0.25) is 0 Å². The molecule has 4 rings (SSSR count). The van der Waals surface area contributed by atoms with Crippen LogP contribution in [0.1, 0.15) is 29.8 Å². The Hall–Kier alpha value is -2.95. The van der Waals surface area contributed by atoms with Crippen LogP contribution in [0.15, 0.2) is 48.5 Å². The van der Waals surface area contributed by atoms with E-state index in [4.69, 9.17) is 15.8 Å². The molecule has 1 aliphatic carbocycles. The fourth-order valence-electron chi connectivity index (χ4n) is 3.17. The van der Waals surface area contributed by atoms with Crippen LogP contribution in [0.25, 0.3) is 17.1 Å². The molecule has 0 radical (unpaired) electrons. The molecular weight excluding hydrogens is 312 g/mol. The normalized spacial score (nSPS) is 15.1. The highest BCUT2D eigenvalue weighted by Gasteiger charge is 2.54. The second-order valence-electron chi connectivity index (χ2n) is 6.70. The van der Waals surface area contributed by atoms with E-state index in [1.165, 1.54) is 5.56 Å². The molecule has 3 aromatic rings. The van der Waals surface area contributed by atoms with Gasteiger partial charge in [-0.15, -0.1) is 5.10 Å². The van der Waals surface area contributed by atoms with Gasteiger partial charge in [-0.05, 0) is 43.9 Å². The van der Waals surface area contributed by atoms with Crippen molar-refractivity contribution in [1.29, 1.82) is 0 Å². The van der Waals surface area contributed by atoms with Crippen molar-refractivity contribution in [1.82, 2.24) is 14.8 Å². The van der Waals surface area contributed by atoms with Crippen molar-refractivity contribution in [3.05, 3.63) is 65.5 Å². The van der Waals surface area contributed by atoms with Crippen molar-refractivity contribution in [2.24, 2.45) is 5.73 Å². The zero-order chi connectivity index (χ0) is 17.6. The molecule has 1 aliphatic rings. The SMILES string of the molecule is Cc1cccc(-n2nc(-c3ccccc3)nc2C2(C(N)=O)CC2)c1C. The van der Waals surface area contributed by atoms with E-state index in [1.807, 2.05) is 47.1 Å². The number of benzene rings is 2. The van der Waals surface area contributed by atoms with E-state index in [0.717, 1.165) is 29.7 Å². The number of nitrogens with two attached hydrogens (primary N) is 1. The highest BCUT2D eigenvalue weighted by atomic mass is 16.1. The Labute approximate surface area is 146 Å². The van der Waals surface area contributed by atoms with Gasteiger partial charge in [-0.2, -0.15) is 0 Å². The summed E-state index contributed by atoms with van der Waals surface area (Å²) in [6, 6.07) is 15.9. The maximum absolute atomic E-state index is 12.1. The molecule has 1 heterocycles. The van der Waals surface area contributed by atoms with Gasteiger partial charge in [-0.25, -0.2) is 9.67 Å². The van der Waals surface area contributed by atoms with Gasteiger partial charge in [0.25, 0.3) is 0 Å². The summed E-state index contributed by atoms with van der Waals surface area (Å²) in [5.41, 5.74) is 9.16. The van der Waals surface area contributed by atoms with Crippen molar-refractivity contribution in [2.45, 2.75) is 32.1 Å². The van der Waals surface area contributed by atoms with Gasteiger partial charge >= 0.3 is 0 Å². The van der Waals surface area contributed by atoms with E-state index >= 15 is 0 Å². The molecule has 5 heteroatoms. The van der Waals surface area contributed by atoms with Crippen molar-refractivity contribution < 1.29 is 4.79 Å². The lowest BCUT2D eigenvalue weighted by atomic mass is 10.0. The first-order valence-corrected chi connectivity index (χ1v) is 8.42. The van der Waals surface area contributed by atoms with Crippen LogP contribution in [-0.4, -0.2) is 20.7 Å². The number of aromatic nitrogens is 3. The Morgan fingerprint density at radius 2 is 1.80 bits per heavy atom. The number of nitrogens with zero attached hydrogens (tertiary/aromatic N) is 3. The minimum Gasteiger partial charge on any atom is -0.369 e. The van der Waals surface area contributed by atoms with Crippen LogP contribution >= 0.6 is 0 Å². The second kappa shape index (κ2) is 5.55. The quantitative estimate of drug-likeness (QED) is 0.798. The summed E-state index contributed by atoms with van der Waals surface area (Å²) >= 11 is 0. The highest BCUT2D eigenvalue weighted by Crippen LogP contribution is 2.48. The Kier molecular flexibility index (Phi) is 3.46. The molecule has 2 N–H and O–H groups in total. The zero-order valence-corrected chi connectivity index (χ0v) is 14.4. The van der Waals surface area contributed by atoms with Gasteiger partial charge in [-0.3, -0.25) is 4.79 Å². The minimum absolute atomic E-state index is 0.328. The number of aryl methyl sites for hydroxylation is 1. The molecule has 2 aromatic carbocycles. The molecule has 25 heavy (non-hydrogen) atoms. The van der Waals surface area contributed by atoms with E-state index in [-0.39, 0.29) is 5.91 Å². The van der Waals surface area contributed by atoms with Crippen LogP contribution in [0.3, 0.4) is 0 Å². The summed E-state index contributed by atoms with van der Waals surface area (Å²) in [4.78, 5) is 16.8. The van der Waals surface area contributed by atoms with E-state index in [1.54, 1.807) is 0 Å². The van der Waals surface area contributed by atoms with Crippen LogP contribution in [-0.2, 0) is 10.2 Å². The fourth-order valence-corrected chi connectivity index (χ4v) is 3.17. The molecule has 0 saturated heterocycles. The van der Waals surface area contributed by atoms with Gasteiger partial charge in [0, 0.05) is 5.56 Å². The van der Waals surface area contributed by atoms with Gasteiger partial charge < -0.3 is 5.73 Å². The first-order valence-electron chi connectivity index (χ1n) is 8.42. The van der Waals surface area contributed by atoms with Crippen LogP contribution in [0.4, 0.5) is 0 Å². The molecule has 1 fully saturated rings. The lowest BCUT2D eigenvalue weighted by molar-refractivity contribution is -0.120. The first kappa shape index (κ1) is 15.6. The van der Waals surface area contributed by atoms with Gasteiger partial charge in [0.15, 0.2) is 5.82 Å². The number of hydrogen-bond acceptors (Lipinski definition) is 3. The first-order chi connectivity index (χ1) is 12.0. The number of amides is 1. The predicted molar refractivity (Wildman–Crippen MR) is 96.4 cm³/mol. The average molecular weight is 332 g/mol. The van der Waals surface area contributed by atoms with Gasteiger partial charge in [0.05, 0.1) is 5.69 Å². The van der Waals surface area contributed by atoms with E-state index in [9.17, 15) is 4.79 Å². The molecule has 0 unspecified atom stereocenters.